The minimum atomic E-state index is -0.294. The zero-order valence-corrected chi connectivity index (χ0v) is 11.6. The topological polar surface area (TPSA) is 29.4 Å². The highest BCUT2D eigenvalue weighted by atomic mass is 16.1. The average molecular weight is 263 g/mol. The third-order valence-corrected chi connectivity index (χ3v) is 4.10. The molecule has 2 heteroatoms. The predicted molar refractivity (Wildman–Crippen MR) is 80.3 cm³/mol. The largest absolute Gasteiger partial charge is 0.235 e. The van der Waals surface area contributed by atoms with Crippen LogP contribution in [-0.2, 0) is 16.8 Å². The molecule has 20 heavy (non-hydrogen) atoms. The van der Waals surface area contributed by atoms with Crippen LogP contribution in [0.25, 0.3) is 11.1 Å². The Morgan fingerprint density at radius 2 is 1.90 bits per heavy atom. The monoisotopic (exact) mass is 263 g/mol. The number of aryl methyl sites for hydroxylation is 1. The van der Waals surface area contributed by atoms with Gasteiger partial charge in [0.25, 0.3) is 0 Å². The minimum Gasteiger partial charge on any atom is -0.211 e. The first-order chi connectivity index (χ1) is 9.79. The van der Waals surface area contributed by atoms with Crippen molar-refractivity contribution in [3.63, 3.8) is 0 Å². The third-order valence-electron chi connectivity index (χ3n) is 4.10. The predicted octanol–water partition coefficient (Wildman–Crippen LogP) is 4.24. The molecule has 0 unspecified atom stereocenters. The molecule has 0 bridgehead atoms. The number of benzene rings is 2. The second-order valence-electron chi connectivity index (χ2n) is 5.33. The molecule has 2 nitrogen and oxygen atoms in total. The molecule has 3 rings (SSSR count). The molecule has 2 aromatic rings. The number of rotatable bonds is 4. The molecule has 0 amide bonds. The molecule has 0 saturated heterocycles. The van der Waals surface area contributed by atoms with E-state index in [0.717, 1.165) is 24.8 Å². The van der Waals surface area contributed by atoms with Crippen LogP contribution in [-0.4, -0.2) is 6.08 Å². The van der Waals surface area contributed by atoms with Crippen molar-refractivity contribution in [3.8, 4) is 11.1 Å². The van der Waals surface area contributed by atoms with Gasteiger partial charge in [0.2, 0.25) is 6.08 Å². The van der Waals surface area contributed by atoms with Gasteiger partial charge in [0.15, 0.2) is 0 Å². The van der Waals surface area contributed by atoms with Crippen LogP contribution in [0.4, 0.5) is 0 Å². The fourth-order valence-corrected chi connectivity index (χ4v) is 2.73. The van der Waals surface area contributed by atoms with E-state index in [2.05, 4.69) is 54.4 Å². The highest BCUT2D eigenvalue weighted by Gasteiger charge is 2.44. The van der Waals surface area contributed by atoms with E-state index in [1.807, 2.05) is 6.07 Å². The van der Waals surface area contributed by atoms with Gasteiger partial charge in [0.05, 0.1) is 5.54 Å². The van der Waals surface area contributed by atoms with Gasteiger partial charge in [0.1, 0.15) is 0 Å². The molecule has 2 aromatic carbocycles. The van der Waals surface area contributed by atoms with Crippen molar-refractivity contribution in [2.75, 3.05) is 0 Å². The van der Waals surface area contributed by atoms with E-state index in [0.29, 0.717) is 0 Å². The maximum atomic E-state index is 10.6. The number of aliphatic imine (C=N–C) groups is 1. The summed E-state index contributed by atoms with van der Waals surface area (Å²) in [5.74, 6) is 0. The fraction of sp³-hybridized carbons (Fsp3) is 0.278. The van der Waals surface area contributed by atoms with Crippen molar-refractivity contribution in [3.05, 3.63) is 59.7 Å². The fourth-order valence-electron chi connectivity index (χ4n) is 2.73. The van der Waals surface area contributed by atoms with E-state index >= 15 is 0 Å². The van der Waals surface area contributed by atoms with Gasteiger partial charge in [-0.25, -0.2) is 4.79 Å². The first-order valence-electron chi connectivity index (χ1n) is 7.07. The van der Waals surface area contributed by atoms with Crippen LogP contribution in [0.15, 0.2) is 53.5 Å². The standard InChI is InChI=1S/C18H17NO/c1-2-14-8-9-16(18(10-11-18)19-13-20)12-17(14)15-6-4-3-5-7-15/h3-9,12H,2,10-11H2,1H3. The Kier molecular flexibility index (Phi) is 3.25. The third kappa shape index (κ3) is 2.19. The quantitative estimate of drug-likeness (QED) is 0.599. The Morgan fingerprint density at radius 1 is 1.15 bits per heavy atom. The van der Waals surface area contributed by atoms with Crippen LogP contribution in [0.3, 0.4) is 0 Å². The highest BCUT2D eigenvalue weighted by molar-refractivity contribution is 5.69. The van der Waals surface area contributed by atoms with Crippen LogP contribution < -0.4 is 0 Å². The van der Waals surface area contributed by atoms with Crippen LogP contribution in [0.5, 0.6) is 0 Å². The summed E-state index contributed by atoms with van der Waals surface area (Å²) in [5.41, 5.74) is 4.63. The molecule has 1 saturated carbocycles. The van der Waals surface area contributed by atoms with E-state index in [1.165, 1.54) is 16.7 Å². The van der Waals surface area contributed by atoms with Crippen LogP contribution in [0.2, 0.25) is 0 Å². The van der Waals surface area contributed by atoms with Gasteiger partial charge >= 0.3 is 0 Å². The van der Waals surface area contributed by atoms with E-state index in [9.17, 15) is 4.79 Å². The van der Waals surface area contributed by atoms with Crippen molar-refractivity contribution in [2.45, 2.75) is 31.7 Å². The summed E-state index contributed by atoms with van der Waals surface area (Å²) >= 11 is 0. The van der Waals surface area contributed by atoms with Crippen LogP contribution in [0, 0.1) is 0 Å². The molecule has 0 atom stereocenters. The number of carbonyl (C=O) groups excluding carboxylic acids is 1. The maximum absolute atomic E-state index is 10.6. The second kappa shape index (κ2) is 5.07. The van der Waals surface area contributed by atoms with Crippen LogP contribution >= 0.6 is 0 Å². The summed E-state index contributed by atoms with van der Waals surface area (Å²) in [4.78, 5) is 14.6. The molecule has 0 spiro atoms. The van der Waals surface area contributed by atoms with Gasteiger partial charge in [-0.3, -0.25) is 0 Å². The van der Waals surface area contributed by atoms with Crippen molar-refractivity contribution in [1.29, 1.82) is 0 Å². The summed E-state index contributed by atoms with van der Waals surface area (Å²) in [5, 5.41) is 0. The molecule has 0 heterocycles. The summed E-state index contributed by atoms with van der Waals surface area (Å²) in [7, 11) is 0. The van der Waals surface area contributed by atoms with Crippen molar-refractivity contribution >= 4 is 6.08 Å². The Morgan fingerprint density at radius 3 is 2.50 bits per heavy atom. The molecule has 1 fully saturated rings. The van der Waals surface area contributed by atoms with Crippen molar-refractivity contribution < 1.29 is 4.79 Å². The lowest BCUT2D eigenvalue weighted by Crippen LogP contribution is -2.03. The minimum absolute atomic E-state index is 0.294. The van der Waals surface area contributed by atoms with Crippen LogP contribution in [0.1, 0.15) is 30.9 Å². The smallest absolute Gasteiger partial charge is 0.211 e. The first-order valence-corrected chi connectivity index (χ1v) is 7.07. The highest BCUT2D eigenvalue weighted by Crippen LogP contribution is 2.50. The molecule has 0 N–H and O–H groups in total. The summed E-state index contributed by atoms with van der Waals surface area (Å²) in [6, 6.07) is 16.9. The molecule has 100 valence electrons. The molecule has 1 aliphatic rings. The lowest BCUT2D eigenvalue weighted by Gasteiger charge is -2.14. The Hall–Kier alpha value is -2.18. The first kappa shape index (κ1) is 12.8. The lowest BCUT2D eigenvalue weighted by atomic mass is 9.93. The molecular weight excluding hydrogens is 246 g/mol. The SMILES string of the molecule is CCc1ccc(C2(N=C=O)CC2)cc1-c1ccccc1. The van der Waals surface area contributed by atoms with Crippen molar-refractivity contribution in [1.82, 2.24) is 0 Å². The van der Waals surface area contributed by atoms with E-state index in [4.69, 9.17) is 0 Å². The molecular formula is C18H17NO. The number of nitrogens with zero attached hydrogens (tertiary/aromatic N) is 1. The number of isocyanates is 1. The summed E-state index contributed by atoms with van der Waals surface area (Å²) in [6.07, 6.45) is 4.62. The Labute approximate surface area is 119 Å². The van der Waals surface area contributed by atoms with Gasteiger partial charge in [-0.15, -0.1) is 0 Å². The Balaban J connectivity index is 2.11. The van der Waals surface area contributed by atoms with Crippen molar-refractivity contribution in [2.24, 2.45) is 4.99 Å². The zero-order valence-electron chi connectivity index (χ0n) is 11.6. The van der Waals surface area contributed by atoms with E-state index < -0.39 is 0 Å². The molecule has 0 radical (unpaired) electrons. The summed E-state index contributed by atoms with van der Waals surface area (Å²) in [6.45, 7) is 2.16. The van der Waals surface area contributed by atoms with E-state index in [-0.39, 0.29) is 5.54 Å². The Bertz CT molecular complexity index is 665. The average Bonchev–Trinajstić information content (AvgIpc) is 3.29. The van der Waals surface area contributed by atoms with E-state index in [1.54, 1.807) is 6.08 Å². The molecule has 0 aromatic heterocycles. The number of hydrogen-bond donors (Lipinski definition) is 0. The van der Waals surface area contributed by atoms with Gasteiger partial charge in [-0.1, -0.05) is 49.4 Å². The maximum Gasteiger partial charge on any atom is 0.235 e. The molecule has 1 aliphatic carbocycles. The molecule has 0 aliphatic heterocycles. The normalized spacial score (nSPS) is 15.4. The van der Waals surface area contributed by atoms with Gasteiger partial charge < -0.3 is 0 Å². The second-order valence-corrected chi connectivity index (χ2v) is 5.33. The van der Waals surface area contributed by atoms with Gasteiger partial charge in [0, 0.05) is 0 Å². The van der Waals surface area contributed by atoms with Gasteiger partial charge in [-0.2, -0.15) is 4.99 Å². The number of hydrogen-bond acceptors (Lipinski definition) is 2. The summed E-state index contributed by atoms with van der Waals surface area (Å²) < 4.78 is 0. The van der Waals surface area contributed by atoms with Gasteiger partial charge in [-0.05, 0) is 47.6 Å². The zero-order chi connectivity index (χ0) is 14.0. The lowest BCUT2D eigenvalue weighted by molar-refractivity contribution is 0.556.